The van der Waals surface area contributed by atoms with E-state index in [0.29, 0.717) is 37.3 Å². The number of carbonyl (C=O) groups excluding carboxylic acids is 2. The number of amides is 2. The van der Waals surface area contributed by atoms with Crippen molar-refractivity contribution in [3.05, 3.63) is 17.0 Å². The number of hydrogen-bond donors (Lipinski definition) is 1. The number of nitrogens with one attached hydrogen (secondary N) is 1. The Labute approximate surface area is 173 Å². The lowest BCUT2D eigenvalue weighted by atomic mass is 9.72. The summed E-state index contributed by atoms with van der Waals surface area (Å²) in [4.78, 5) is 29.6. The van der Waals surface area contributed by atoms with Crippen LogP contribution in [0.4, 0.5) is 0 Å². The highest BCUT2D eigenvalue weighted by atomic mass is 16.5. The summed E-state index contributed by atoms with van der Waals surface area (Å²) in [6.07, 6.45) is 5.27. The second-order valence-corrected chi connectivity index (χ2v) is 9.13. The fourth-order valence-corrected chi connectivity index (χ4v) is 5.75. The minimum absolute atomic E-state index is 0.0963. The molecule has 2 amide bonds. The van der Waals surface area contributed by atoms with E-state index in [1.807, 2.05) is 20.8 Å². The maximum absolute atomic E-state index is 12.8. The zero-order valence-corrected chi connectivity index (χ0v) is 17.9. The summed E-state index contributed by atoms with van der Waals surface area (Å²) in [6, 6.07) is 0.422. The topological polar surface area (TPSA) is 78.7 Å². The molecule has 3 aliphatic rings. The van der Waals surface area contributed by atoms with Gasteiger partial charge in [-0.2, -0.15) is 0 Å². The highest BCUT2D eigenvalue weighted by molar-refractivity contribution is 5.78. The highest BCUT2D eigenvalue weighted by Gasteiger charge is 2.49. The summed E-state index contributed by atoms with van der Waals surface area (Å²) in [5, 5.41) is 7.22. The van der Waals surface area contributed by atoms with E-state index in [1.165, 1.54) is 5.56 Å². The summed E-state index contributed by atoms with van der Waals surface area (Å²) >= 11 is 0. The van der Waals surface area contributed by atoms with Gasteiger partial charge in [0.2, 0.25) is 11.8 Å². The van der Waals surface area contributed by atoms with Gasteiger partial charge in [0.25, 0.3) is 0 Å². The molecule has 4 heterocycles. The molecular formula is C22H34N4O3. The van der Waals surface area contributed by atoms with Crippen LogP contribution < -0.4 is 5.32 Å². The van der Waals surface area contributed by atoms with Crippen molar-refractivity contribution in [2.75, 3.05) is 19.6 Å². The molecule has 7 heteroatoms. The van der Waals surface area contributed by atoms with Crippen LogP contribution in [0.2, 0.25) is 0 Å². The van der Waals surface area contributed by atoms with Crippen molar-refractivity contribution in [3.8, 4) is 0 Å². The van der Waals surface area contributed by atoms with Crippen LogP contribution in [0.1, 0.15) is 62.5 Å². The fourth-order valence-electron chi connectivity index (χ4n) is 5.75. The number of hydrogen-bond acceptors (Lipinski definition) is 5. The Morgan fingerprint density at radius 2 is 2.07 bits per heavy atom. The molecule has 1 aromatic heterocycles. The predicted octanol–water partition coefficient (Wildman–Crippen LogP) is 2.41. The molecule has 4 rings (SSSR count). The quantitative estimate of drug-likeness (QED) is 0.791. The molecule has 0 aliphatic carbocycles. The lowest BCUT2D eigenvalue weighted by molar-refractivity contribution is -0.153. The van der Waals surface area contributed by atoms with E-state index in [9.17, 15) is 9.59 Å². The van der Waals surface area contributed by atoms with Gasteiger partial charge < -0.3 is 14.7 Å². The van der Waals surface area contributed by atoms with Gasteiger partial charge in [-0.3, -0.25) is 14.5 Å². The van der Waals surface area contributed by atoms with Crippen LogP contribution in [-0.4, -0.2) is 58.5 Å². The summed E-state index contributed by atoms with van der Waals surface area (Å²) < 4.78 is 5.36. The number of fused-ring (bicyclic) bond motifs is 4. The first-order valence-electron chi connectivity index (χ1n) is 11.2. The van der Waals surface area contributed by atoms with Gasteiger partial charge in [-0.15, -0.1) is 0 Å². The molecule has 3 aliphatic heterocycles. The van der Waals surface area contributed by atoms with Crippen molar-refractivity contribution in [3.63, 3.8) is 0 Å². The van der Waals surface area contributed by atoms with Crippen molar-refractivity contribution >= 4 is 11.8 Å². The van der Waals surface area contributed by atoms with Crippen LogP contribution in [-0.2, 0) is 16.1 Å². The number of likely N-dealkylation sites (tertiary alicyclic amines) is 1. The normalized spacial score (nSPS) is 29.6. The predicted molar refractivity (Wildman–Crippen MR) is 109 cm³/mol. The Morgan fingerprint density at radius 1 is 1.28 bits per heavy atom. The first kappa shape index (κ1) is 20.4. The van der Waals surface area contributed by atoms with Gasteiger partial charge >= 0.3 is 0 Å². The molecule has 0 saturated carbocycles. The van der Waals surface area contributed by atoms with Gasteiger partial charge in [0, 0.05) is 50.6 Å². The van der Waals surface area contributed by atoms with Crippen LogP contribution in [0.3, 0.4) is 0 Å². The molecule has 0 spiro atoms. The Hall–Kier alpha value is -1.89. The van der Waals surface area contributed by atoms with E-state index >= 15 is 0 Å². The molecule has 0 aromatic carbocycles. The second kappa shape index (κ2) is 8.46. The molecule has 1 aromatic rings. The fraction of sp³-hybridized carbons (Fsp3) is 0.773. The molecule has 0 unspecified atom stereocenters. The van der Waals surface area contributed by atoms with E-state index in [4.69, 9.17) is 4.52 Å². The van der Waals surface area contributed by atoms with E-state index in [1.54, 1.807) is 0 Å². The third kappa shape index (κ3) is 4.06. The van der Waals surface area contributed by atoms with E-state index in [-0.39, 0.29) is 17.9 Å². The van der Waals surface area contributed by atoms with Crippen molar-refractivity contribution in [1.29, 1.82) is 0 Å². The van der Waals surface area contributed by atoms with Crippen molar-refractivity contribution in [2.24, 2.45) is 11.8 Å². The van der Waals surface area contributed by atoms with Gasteiger partial charge in [0.1, 0.15) is 5.76 Å². The van der Waals surface area contributed by atoms with Gasteiger partial charge in [0.15, 0.2) is 0 Å². The monoisotopic (exact) mass is 402 g/mol. The lowest BCUT2D eigenvalue weighted by Gasteiger charge is -2.56. The molecule has 3 fully saturated rings. The van der Waals surface area contributed by atoms with Gasteiger partial charge in [0.05, 0.1) is 11.7 Å². The molecule has 3 saturated heterocycles. The van der Waals surface area contributed by atoms with Gasteiger partial charge in [-0.1, -0.05) is 12.1 Å². The number of carbonyl (C=O) groups is 2. The Balaban J connectivity index is 1.52. The van der Waals surface area contributed by atoms with Crippen LogP contribution in [0, 0.1) is 25.7 Å². The number of nitrogens with zero attached hydrogens (tertiary/aromatic N) is 3. The third-order valence-electron chi connectivity index (χ3n) is 7.12. The summed E-state index contributed by atoms with van der Waals surface area (Å²) in [6.45, 7) is 9.40. The maximum atomic E-state index is 12.8. The minimum atomic E-state index is 0.0963. The molecule has 2 bridgehead atoms. The number of rotatable bonds is 6. The zero-order chi connectivity index (χ0) is 20.5. The lowest BCUT2D eigenvalue weighted by Crippen LogP contribution is -2.67. The number of piperidine rings is 3. The minimum Gasteiger partial charge on any atom is -0.361 e. The van der Waals surface area contributed by atoms with E-state index < -0.39 is 0 Å². The molecule has 160 valence electrons. The molecule has 1 N–H and O–H groups in total. The van der Waals surface area contributed by atoms with Crippen molar-refractivity contribution in [1.82, 2.24) is 20.3 Å². The molecule has 4 atom stereocenters. The first-order valence-corrected chi connectivity index (χ1v) is 11.2. The van der Waals surface area contributed by atoms with Crippen LogP contribution in [0.5, 0.6) is 0 Å². The van der Waals surface area contributed by atoms with Crippen LogP contribution in [0.25, 0.3) is 0 Å². The van der Waals surface area contributed by atoms with Crippen molar-refractivity contribution < 1.29 is 14.1 Å². The Bertz CT molecular complexity index is 742. The largest absolute Gasteiger partial charge is 0.361 e. The zero-order valence-electron chi connectivity index (χ0n) is 17.9. The SMILES string of the molecule is CCCC(=O)NC[C@H]1[C@H]2C[C@H](CN(Cc3c(C)noc3C)C2)[C@@H]2CCCC(=O)N21. The highest BCUT2D eigenvalue weighted by Crippen LogP contribution is 2.41. The summed E-state index contributed by atoms with van der Waals surface area (Å²) in [7, 11) is 0. The number of aryl methyl sites for hydroxylation is 2. The third-order valence-corrected chi connectivity index (χ3v) is 7.12. The summed E-state index contributed by atoms with van der Waals surface area (Å²) in [5.41, 5.74) is 2.16. The Kier molecular flexibility index (Phi) is 5.95. The molecular weight excluding hydrogens is 368 g/mol. The molecule has 29 heavy (non-hydrogen) atoms. The van der Waals surface area contributed by atoms with Crippen LogP contribution >= 0.6 is 0 Å². The maximum Gasteiger partial charge on any atom is 0.223 e. The number of aromatic nitrogens is 1. The summed E-state index contributed by atoms with van der Waals surface area (Å²) in [5.74, 6) is 2.19. The molecule has 7 nitrogen and oxygen atoms in total. The average molecular weight is 403 g/mol. The standard InChI is InChI=1S/C22H34N4O3/c1-4-6-21(27)23-10-20-17-9-16(19-7-5-8-22(28)26(19)20)11-25(12-17)13-18-14(2)24-29-15(18)3/h16-17,19-20H,4-13H2,1-3H3,(H,23,27)/t16-,17+,19+,20+/m1/s1. The van der Waals surface area contributed by atoms with E-state index in [0.717, 1.165) is 56.8 Å². The second-order valence-electron chi connectivity index (χ2n) is 9.13. The van der Waals surface area contributed by atoms with Crippen LogP contribution in [0.15, 0.2) is 4.52 Å². The Morgan fingerprint density at radius 3 is 2.79 bits per heavy atom. The molecule has 0 radical (unpaired) electrons. The smallest absolute Gasteiger partial charge is 0.223 e. The van der Waals surface area contributed by atoms with Gasteiger partial charge in [-0.05, 0) is 51.4 Å². The van der Waals surface area contributed by atoms with Gasteiger partial charge in [-0.25, -0.2) is 0 Å². The van der Waals surface area contributed by atoms with Crippen molar-refractivity contribution in [2.45, 2.75) is 77.9 Å². The average Bonchev–Trinajstić information content (AvgIpc) is 3.00. The van der Waals surface area contributed by atoms with E-state index in [2.05, 4.69) is 20.3 Å². The first-order chi connectivity index (χ1) is 14.0.